The zero-order valence-electron chi connectivity index (χ0n) is 29.4. The van der Waals surface area contributed by atoms with Crippen molar-refractivity contribution in [2.45, 2.75) is 155 Å². The molecule has 1 atom stereocenters. The zero-order chi connectivity index (χ0) is 34.7. The molecule has 0 aliphatic carbocycles. The van der Waals surface area contributed by atoms with Crippen LogP contribution in [0.25, 0.3) is 0 Å². The number of hydrogen-bond donors (Lipinski definition) is 2. The third kappa shape index (κ3) is 36.4. The Hall–Kier alpha value is -2.25. The van der Waals surface area contributed by atoms with Crippen LogP contribution >= 0.6 is 7.82 Å². The Labute approximate surface area is 286 Å². The fraction of sp³-hybridized carbons (Fsp3) is 0.684. The summed E-state index contributed by atoms with van der Waals surface area (Å²) >= 11 is 0. The van der Waals surface area contributed by atoms with E-state index in [1.807, 2.05) is 12.2 Å². The minimum absolute atomic E-state index is 0.132. The number of carbonyl (C=O) groups excluding carboxylic acids is 2. The maximum Gasteiger partial charge on any atom is 0.469 e. The molecule has 0 aliphatic rings. The number of rotatable bonds is 32. The van der Waals surface area contributed by atoms with Gasteiger partial charge in [0.1, 0.15) is 6.61 Å². The highest BCUT2D eigenvalue weighted by Gasteiger charge is 2.22. The van der Waals surface area contributed by atoms with E-state index in [1.165, 1.54) is 57.8 Å². The molecule has 0 aromatic carbocycles. The van der Waals surface area contributed by atoms with Gasteiger partial charge in [-0.2, -0.15) is 0 Å². The van der Waals surface area contributed by atoms with E-state index in [-0.39, 0.29) is 19.4 Å². The Morgan fingerprint density at radius 2 is 1.02 bits per heavy atom. The molecule has 0 fully saturated rings. The van der Waals surface area contributed by atoms with Crippen molar-refractivity contribution in [1.82, 2.24) is 0 Å². The van der Waals surface area contributed by atoms with Gasteiger partial charge in [-0.05, 0) is 51.4 Å². The number of unbranched alkanes of at least 4 members (excludes halogenated alkanes) is 12. The van der Waals surface area contributed by atoms with E-state index in [2.05, 4.69) is 67.0 Å². The molecule has 2 N–H and O–H groups in total. The van der Waals surface area contributed by atoms with Crippen LogP contribution in [0.1, 0.15) is 149 Å². The Kier molecular flexibility index (Phi) is 32.0. The first-order valence-corrected chi connectivity index (χ1v) is 19.6. The number of ether oxygens (including phenoxy) is 2. The Morgan fingerprint density at radius 1 is 0.574 bits per heavy atom. The van der Waals surface area contributed by atoms with Crippen LogP contribution < -0.4 is 0 Å². The van der Waals surface area contributed by atoms with Crippen LogP contribution in [0.4, 0.5) is 0 Å². The van der Waals surface area contributed by atoms with Gasteiger partial charge in [0.15, 0.2) is 6.10 Å². The first-order valence-electron chi connectivity index (χ1n) is 18.1. The minimum Gasteiger partial charge on any atom is -0.462 e. The molecule has 0 spiro atoms. The van der Waals surface area contributed by atoms with Crippen molar-refractivity contribution in [3.63, 3.8) is 0 Å². The Balaban J connectivity index is 4.11. The molecule has 0 unspecified atom stereocenters. The highest BCUT2D eigenvalue weighted by molar-refractivity contribution is 7.46. The van der Waals surface area contributed by atoms with Gasteiger partial charge in [-0.25, -0.2) is 4.57 Å². The lowest BCUT2D eigenvalue weighted by Crippen LogP contribution is -2.29. The lowest BCUT2D eigenvalue weighted by atomic mass is 10.0. The molecular formula is C38H65O8P. The third-order valence-electron chi connectivity index (χ3n) is 7.30. The van der Waals surface area contributed by atoms with Crippen molar-refractivity contribution in [3.05, 3.63) is 60.8 Å². The maximum absolute atomic E-state index is 12.3. The van der Waals surface area contributed by atoms with E-state index < -0.39 is 32.5 Å². The van der Waals surface area contributed by atoms with E-state index in [4.69, 9.17) is 19.3 Å². The van der Waals surface area contributed by atoms with E-state index in [0.717, 1.165) is 51.4 Å². The third-order valence-corrected chi connectivity index (χ3v) is 7.79. The quantitative estimate of drug-likeness (QED) is 0.0312. The normalized spacial score (nSPS) is 13.2. The van der Waals surface area contributed by atoms with Crippen molar-refractivity contribution in [1.29, 1.82) is 0 Å². The predicted octanol–water partition coefficient (Wildman–Crippen LogP) is 10.6. The van der Waals surface area contributed by atoms with Crippen LogP contribution in [-0.2, 0) is 28.2 Å². The number of phosphoric acid groups is 1. The summed E-state index contributed by atoms with van der Waals surface area (Å²) in [5.74, 6) is -0.957. The minimum atomic E-state index is -4.76. The highest BCUT2D eigenvalue weighted by atomic mass is 31.2. The topological polar surface area (TPSA) is 119 Å². The zero-order valence-corrected chi connectivity index (χ0v) is 30.3. The molecule has 0 amide bonds. The molecule has 270 valence electrons. The molecule has 0 aromatic heterocycles. The molecular weight excluding hydrogens is 615 g/mol. The van der Waals surface area contributed by atoms with Gasteiger partial charge in [-0.1, -0.05) is 145 Å². The van der Waals surface area contributed by atoms with Crippen LogP contribution in [0.5, 0.6) is 0 Å². The average molecular weight is 681 g/mol. The van der Waals surface area contributed by atoms with E-state index in [1.54, 1.807) is 0 Å². The number of allylic oxidation sites excluding steroid dienone is 10. The second-order valence-corrected chi connectivity index (χ2v) is 13.1. The van der Waals surface area contributed by atoms with Gasteiger partial charge < -0.3 is 19.3 Å². The predicted molar refractivity (Wildman–Crippen MR) is 193 cm³/mol. The first kappa shape index (κ1) is 44.8. The lowest BCUT2D eigenvalue weighted by Gasteiger charge is -2.18. The fourth-order valence-corrected chi connectivity index (χ4v) is 5.00. The van der Waals surface area contributed by atoms with Crippen molar-refractivity contribution in [3.8, 4) is 0 Å². The maximum atomic E-state index is 12.3. The molecule has 0 saturated carbocycles. The van der Waals surface area contributed by atoms with E-state index in [0.29, 0.717) is 12.8 Å². The molecule has 0 radical (unpaired) electrons. The molecule has 9 heteroatoms. The van der Waals surface area contributed by atoms with E-state index in [9.17, 15) is 14.2 Å². The van der Waals surface area contributed by atoms with Crippen molar-refractivity contribution in [2.24, 2.45) is 0 Å². The van der Waals surface area contributed by atoms with Crippen molar-refractivity contribution >= 4 is 19.8 Å². The molecule has 0 heterocycles. The number of carbonyl (C=O) groups is 2. The second kappa shape index (κ2) is 33.6. The Morgan fingerprint density at radius 3 is 1.51 bits per heavy atom. The summed E-state index contributed by atoms with van der Waals surface area (Å²) in [5.41, 5.74) is 0. The fourth-order valence-electron chi connectivity index (χ4n) is 4.64. The molecule has 0 aliphatic heterocycles. The first-order chi connectivity index (χ1) is 22.8. The summed E-state index contributed by atoms with van der Waals surface area (Å²) < 4.78 is 26.2. The van der Waals surface area contributed by atoms with E-state index >= 15 is 0 Å². The van der Waals surface area contributed by atoms with Gasteiger partial charge in [0.2, 0.25) is 0 Å². The van der Waals surface area contributed by atoms with Crippen LogP contribution in [0.15, 0.2) is 60.8 Å². The van der Waals surface area contributed by atoms with Crippen molar-refractivity contribution in [2.75, 3.05) is 13.2 Å². The standard InChI is InChI=1S/C38H65O8P/c1-3-5-7-9-11-13-15-17-18-19-20-21-23-25-27-29-31-33-38(40)46-36(35-45-47(41,42)43)34-44-37(39)32-30-28-26-24-22-16-14-12-10-8-6-4-2/h5,7,11,13,17-18,20-21,25,27,36H,3-4,6,8-10,12,14-16,19,22-24,26,28-35H2,1-2H3,(H2,41,42,43)/b7-5-,13-11-,18-17-,21-20-,27-25-/t36-/m1/s1. The van der Waals surface area contributed by atoms with Gasteiger partial charge in [-0.15, -0.1) is 0 Å². The lowest BCUT2D eigenvalue weighted by molar-refractivity contribution is -0.161. The number of phosphoric ester groups is 1. The number of hydrogen-bond acceptors (Lipinski definition) is 6. The van der Waals surface area contributed by atoms with Crippen LogP contribution in [0, 0.1) is 0 Å². The molecule has 0 saturated heterocycles. The molecule has 0 bridgehead atoms. The van der Waals surface area contributed by atoms with Crippen molar-refractivity contribution < 1.29 is 37.9 Å². The summed E-state index contributed by atoms with van der Waals surface area (Å²) in [7, 11) is -4.76. The van der Waals surface area contributed by atoms with Crippen LogP contribution in [0.3, 0.4) is 0 Å². The monoisotopic (exact) mass is 680 g/mol. The summed E-state index contributed by atoms with van der Waals surface area (Å²) in [6.07, 6.45) is 40.9. The summed E-state index contributed by atoms with van der Waals surface area (Å²) in [4.78, 5) is 42.6. The number of esters is 2. The smallest absolute Gasteiger partial charge is 0.462 e. The van der Waals surface area contributed by atoms with Gasteiger partial charge >= 0.3 is 19.8 Å². The summed E-state index contributed by atoms with van der Waals surface area (Å²) in [6.45, 7) is 3.50. The largest absolute Gasteiger partial charge is 0.469 e. The van der Waals surface area contributed by atoms with Gasteiger partial charge in [0, 0.05) is 12.8 Å². The molecule has 0 rings (SSSR count). The molecule has 8 nitrogen and oxygen atoms in total. The van der Waals surface area contributed by atoms with Gasteiger partial charge in [0.25, 0.3) is 0 Å². The van der Waals surface area contributed by atoms with Crippen LogP contribution in [-0.4, -0.2) is 41.0 Å². The summed E-state index contributed by atoms with van der Waals surface area (Å²) in [5, 5.41) is 0. The summed E-state index contributed by atoms with van der Waals surface area (Å²) in [6, 6.07) is 0. The van der Waals surface area contributed by atoms with Crippen LogP contribution in [0.2, 0.25) is 0 Å². The average Bonchev–Trinajstić information content (AvgIpc) is 3.04. The molecule has 0 aromatic rings. The van der Waals surface area contributed by atoms with Gasteiger partial charge in [-0.3, -0.25) is 14.1 Å². The SMILES string of the molecule is CC/C=C\C/C=C\C/C=C\C/C=C\C/C=C\CCCC(=O)O[C@H](COC(=O)CCCCCCCCCCCCCC)COP(=O)(O)O. The van der Waals surface area contributed by atoms with Gasteiger partial charge in [0.05, 0.1) is 6.61 Å². The highest BCUT2D eigenvalue weighted by Crippen LogP contribution is 2.35. The molecule has 47 heavy (non-hydrogen) atoms. The second-order valence-electron chi connectivity index (χ2n) is 11.8. The Bertz CT molecular complexity index is 947.